The van der Waals surface area contributed by atoms with Crippen LogP contribution in [-0.2, 0) is 4.79 Å². The number of hydrogen-bond acceptors (Lipinski definition) is 3. The SMILES string of the molecule is CN1C(=O)c2ccc(NC(=O)/C=C/c3ccc(Cl)cc3)cc2C1=O. The summed E-state index contributed by atoms with van der Waals surface area (Å²) in [5.41, 5.74) is 1.93. The molecule has 0 spiro atoms. The van der Waals surface area contributed by atoms with E-state index >= 15 is 0 Å². The number of benzene rings is 2. The largest absolute Gasteiger partial charge is 0.322 e. The van der Waals surface area contributed by atoms with Gasteiger partial charge in [-0.2, -0.15) is 0 Å². The normalized spacial score (nSPS) is 13.5. The fraction of sp³-hybridized carbons (Fsp3) is 0.0556. The first-order valence-corrected chi connectivity index (χ1v) is 7.54. The number of imide groups is 1. The van der Waals surface area contributed by atoms with Crippen LogP contribution in [0.15, 0.2) is 48.5 Å². The maximum absolute atomic E-state index is 12.0. The quantitative estimate of drug-likeness (QED) is 0.689. The Labute approximate surface area is 143 Å². The Kier molecular flexibility index (Phi) is 4.18. The van der Waals surface area contributed by atoms with Crippen molar-refractivity contribution in [3.05, 3.63) is 70.3 Å². The summed E-state index contributed by atoms with van der Waals surface area (Å²) >= 11 is 5.80. The smallest absolute Gasteiger partial charge is 0.261 e. The predicted octanol–water partition coefficient (Wildman–Crippen LogP) is 3.22. The van der Waals surface area contributed by atoms with Crippen molar-refractivity contribution in [2.45, 2.75) is 0 Å². The van der Waals surface area contributed by atoms with Crippen molar-refractivity contribution in [3.63, 3.8) is 0 Å². The lowest BCUT2D eigenvalue weighted by Gasteiger charge is -2.04. The lowest BCUT2D eigenvalue weighted by atomic mass is 10.1. The van der Waals surface area contributed by atoms with Crippen LogP contribution in [0.3, 0.4) is 0 Å². The van der Waals surface area contributed by atoms with Crippen LogP contribution in [0.1, 0.15) is 26.3 Å². The standard InChI is InChI=1S/C18H13ClN2O3/c1-21-17(23)14-8-7-13(10-15(14)18(21)24)20-16(22)9-4-11-2-5-12(19)6-3-11/h2-10H,1H3,(H,20,22)/b9-4+. The summed E-state index contributed by atoms with van der Waals surface area (Å²) in [6.45, 7) is 0. The van der Waals surface area contributed by atoms with Crippen molar-refractivity contribution in [3.8, 4) is 0 Å². The van der Waals surface area contributed by atoms with Gasteiger partial charge in [0.2, 0.25) is 5.91 Å². The first-order chi connectivity index (χ1) is 11.5. The zero-order chi connectivity index (χ0) is 17.3. The molecule has 0 saturated heterocycles. The van der Waals surface area contributed by atoms with Gasteiger partial charge in [-0.05, 0) is 42.0 Å². The van der Waals surface area contributed by atoms with Crippen molar-refractivity contribution in [2.24, 2.45) is 0 Å². The molecule has 0 bridgehead atoms. The molecule has 0 saturated carbocycles. The molecule has 6 heteroatoms. The number of fused-ring (bicyclic) bond motifs is 1. The Morgan fingerprint density at radius 2 is 1.71 bits per heavy atom. The van der Waals surface area contributed by atoms with E-state index in [0.717, 1.165) is 10.5 Å². The van der Waals surface area contributed by atoms with Gasteiger partial charge < -0.3 is 5.32 Å². The zero-order valence-electron chi connectivity index (χ0n) is 12.7. The molecule has 2 aromatic rings. The summed E-state index contributed by atoms with van der Waals surface area (Å²) < 4.78 is 0. The number of amides is 3. The van der Waals surface area contributed by atoms with Gasteiger partial charge in [-0.3, -0.25) is 19.3 Å². The van der Waals surface area contributed by atoms with Crippen LogP contribution in [0, 0.1) is 0 Å². The van der Waals surface area contributed by atoms with Crippen LogP contribution in [0.2, 0.25) is 5.02 Å². The van der Waals surface area contributed by atoms with Crippen LogP contribution < -0.4 is 5.32 Å². The Morgan fingerprint density at radius 1 is 1.04 bits per heavy atom. The Hall–Kier alpha value is -2.92. The van der Waals surface area contributed by atoms with Crippen LogP contribution >= 0.6 is 11.6 Å². The Balaban J connectivity index is 1.73. The maximum atomic E-state index is 12.0. The van der Waals surface area contributed by atoms with Crippen molar-refractivity contribution < 1.29 is 14.4 Å². The summed E-state index contributed by atoms with van der Waals surface area (Å²) in [5, 5.41) is 3.29. The molecule has 1 aliphatic rings. The van der Waals surface area contributed by atoms with Gasteiger partial charge in [0.1, 0.15) is 0 Å². The van der Waals surface area contributed by atoms with Gasteiger partial charge in [0.25, 0.3) is 11.8 Å². The lowest BCUT2D eigenvalue weighted by Crippen LogP contribution is -2.24. The summed E-state index contributed by atoms with van der Waals surface area (Å²) in [6, 6.07) is 11.7. The van der Waals surface area contributed by atoms with E-state index in [-0.39, 0.29) is 17.7 Å². The molecule has 0 aromatic heterocycles. The monoisotopic (exact) mass is 340 g/mol. The first-order valence-electron chi connectivity index (χ1n) is 7.17. The van der Waals surface area contributed by atoms with E-state index in [2.05, 4.69) is 5.32 Å². The van der Waals surface area contributed by atoms with E-state index in [1.54, 1.807) is 36.4 Å². The maximum Gasteiger partial charge on any atom is 0.261 e. The molecule has 0 atom stereocenters. The molecule has 120 valence electrons. The van der Waals surface area contributed by atoms with Gasteiger partial charge in [0, 0.05) is 23.8 Å². The highest BCUT2D eigenvalue weighted by Gasteiger charge is 2.32. The predicted molar refractivity (Wildman–Crippen MR) is 92.0 cm³/mol. The van der Waals surface area contributed by atoms with E-state index in [1.165, 1.54) is 25.3 Å². The van der Waals surface area contributed by atoms with E-state index < -0.39 is 0 Å². The number of hydrogen-bond donors (Lipinski definition) is 1. The molecule has 2 aromatic carbocycles. The number of anilines is 1. The van der Waals surface area contributed by atoms with E-state index in [9.17, 15) is 14.4 Å². The summed E-state index contributed by atoms with van der Waals surface area (Å²) in [7, 11) is 1.43. The van der Waals surface area contributed by atoms with Crippen LogP contribution in [0.5, 0.6) is 0 Å². The van der Waals surface area contributed by atoms with Crippen molar-refractivity contribution >= 4 is 41.1 Å². The second-order valence-electron chi connectivity index (χ2n) is 5.30. The molecule has 5 nitrogen and oxygen atoms in total. The highest BCUT2D eigenvalue weighted by molar-refractivity contribution is 6.30. The molecule has 1 heterocycles. The average molecular weight is 341 g/mol. The van der Waals surface area contributed by atoms with Gasteiger partial charge in [0.15, 0.2) is 0 Å². The van der Waals surface area contributed by atoms with Gasteiger partial charge >= 0.3 is 0 Å². The van der Waals surface area contributed by atoms with Gasteiger partial charge in [-0.15, -0.1) is 0 Å². The summed E-state index contributed by atoms with van der Waals surface area (Å²) in [4.78, 5) is 36.8. The Morgan fingerprint density at radius 3 is 2.42 bits per heavy atom. The van der Waals surface area contributed by atoms with E-state index in [4.69, 9.17) is 11.6 Å². The number of rotatable bonds is 3. The molecular weight excluding hydrogens is 328 g/mol. The highest BCUT2D eigenvalue weighted by Crippen LogP contribution is 2.24. The fourth-order valence-electron chi connectivity index (χ4n) is 2.37. The molecular formula is C18H13ClN2O3. The fourth-order valence-corrected chi connectivity index (χ4v) is 2.49. The van der Waals surface area contributed by atoms with E-state index in [1.807, 2.05) is 0 Å². The molecule has 24 heavy (non-hydrogen) atoms. The topological polar surface area (TPSA) is 66.5 Å². The molecule has 0 unspecified atom stereocenters. The molecule has 0 aliphatic carbocycles. The second kappa shape index (κ2) is 6.29. The Bertz CT molecular complexity index is 872. The first kappa shape index (κ1) is 16.0. The number of halogens is 1. The minimum atomic E-state index is -0.372. The molecule has 3 rings (SSSR count). The molecule has 0 fully saturated rings. The number of carbonyl (C=O) groups is 3. The van der Waals surface area contributed by atoms with Crippen LogP contribution in [0.4, 0.5) is 5.69 Å². The van der Waals surface area contributed by atoms with Crippen LogP contribution in [-0.4, -0.2) is 29.7 Å². The average Bonchev–Trinajstić information content (AvgIpc) is 2.79. The minimum absolute atomic E-state index is 0.294. The zero-order valence-corrected chi connectivity index (χ0v) is 13.5. The molecule has 3 amide bonds. The number of nitrogens with one attached hydrogen (secondary N) is 1. The number of carbonyl (C=O) groups excluding carboxylic acids is 3. The third kappa shape index (κ3) is 3.07. The second-order valence-corrected chi connectivity index (χ2v) is 5.74. The third-order valence-electron chi connectivity index (χ3n) is 3.65. The summed E-state index contributed by atoms with van der Waals surface area (Å²) in [5.74, 6) is -1.05. The highest BCUT2D eigenvalue weighted by atomic mass is 35.5. The molecule has 0 radical (unpaired) electrons. The van der Waals surface area contributed by atoms with E-state index in [0.29, 0.717) is 21.8 Å². The van der Waals surface area contributed by atoms with Crippen molar-refractivity contribution in [2.75, 3.05) is 12.4 Å². The van der Waals surface area contributed by atoms with Crippen molar-refractivity contribution in [1.29, 1.82) is 0 Å². The van der Waals surface area contributed by atoms with Gasteiger partial charge in [-0.25, -0.2) is 0 Å². The van der Waals surface area contributed by atoms with Gasteiger partial charge in [0.05, 0.1) is 11.1 Å². The van der Waals surface area contributed by atoms with Gasteiger partial charge in [-0.1, -0.05) is 23.7 Å². The summed E-state index contributed by atoms with van der Waals surface area (Å²) in [6.07, 6.45) is 3.04. The minimum Gasteiger partial charge on any atom is -0.322 e. The third-order valence-corrected chi connectivity index (χ3v) is 3.91. The molecule has 1 aliphatic heterocycles. The number of nitrogens with zero attached hydrogens (tertiary/aromatic N) is 1. The van der Waals surface area contributed by atoms with Crippen LogP contribution in [0.25, 0.3) is 6.08 Å². The molecule has 1 N–H and O–H groups in total. The lowest BCUT2D eigenvalue weighted by molar-refractivity contribution is -0.111. The van der Waals surface area contributed by atoms with Crippen molar-refractivity contribution in [1.82, 2.24) is 4.90 Å².